The number of nitrogens with one attached hydrogen (secondary N) is 2. The van der Waals surface area contributed by atoms with Crippen molar-refractivity contribution in [2.24, 2.45) is 0 Å². The summed E-state index contributed by atoms with van der Waals surface area (Å²) < 4.78 is 0. The van der Waals surface area contributed by atoms with Crippen molar-refractivity contribution in [1.29, 1.82) is 0 Å². The third-order valence-electron chi connectivity index (χ3n) is 2.36. The minimum atomic E-state index is -0.782. The molecule has 0 rings (SSSR count). The van der Waals surface area contributed by atoms with Crippen LogP contribution in [0.25, 0.3) is 0 Å². The maximum absolute atomic E-state index is 11.4. The molecule has 16 heavy (non-hydrogen) atoms. The average molecular weight is 230 g/mol. The van der Waals surface area contributed by atoms with Crippen molar-refractivity contribution < 1.29 is 9.90 Å². The highest BCUT2D eigenvalue weighted by atomic mass is 16.3. The first-order valence-electron chi connectivity index (χ1n) is 6.10. The number of amides is 1. The Morgan fingerprint density at radius 3 is 2.56 bits per heavy atom. The molecule has 0 aromatic heterocycles. The van der Waals surface area contributed by atoms with Crippen LogP contribution in [-0.2, 0) is 4.79 Å². The van der Waals surface area contributed by atoms with Crippen LogP contribution in [0.1, 0.15) is 47.0 Å². The molecule has 3 N–H and O–H groups in total. The van der Waals surface area contributed by atoms with E-state index in [0.29, 0.717) is 32.0 Å². The van der Waals surface area contributed by atoms with Gasteiger partial charge in [0.15, 0.2) is 0 Å². The number of rotatable bonds is 8. The molecule has 0 aliphatic carbocycles. The van der Waals surface area contributed by atoms with E-state index in [2.05, 4.69) is 10.6 Å². The molecule has 0 saturated carbocycles. The van der Waals surface area contributed by atoms with Crippen molar-refractivity contribution in [3.8, 4) is 0 Å². The Labute approximate surface area is 98.8 Å². The van der Waals surface area contributed by atoms with Gasteiger partial charge in [-0.3, -0.25) is 4.79 Å². The average Bonchev–Trinajstić information content (AvgIpc) is 2.14. The van der Waals surface area contributed by atoms with Crippen LogP contribution in [0.2, 0.25) is 0 Å². The molecule has 1 unspecified atom stereocenters. The molecule has 0 fully saturated rings. The van der Waals surface area contributed by atoms with Crippen molar-refractivity contribution in [2.45, 2.75) is 58.6 Å². The second-order valence-corrected chi connectivity index (χ2v) is 4.88. The second-order valence-electron chi connectivity index (χ2n) is 4.88. The molecule has 0 spiro atoms. The molecule has 0 bridgehead atoms. The summed E-state index contributed by atoms with van der Waals surface area (Å²) in [6, 6.07) is 0.399. The van der Waals surface area contributed by atoms with Crippen LogP contribution in [0.5, 0.6) is 0 Å². The first kappa shape index (κ1) is 15.4. The summed E-state index contributed by atoms with van der Waals surface area (Å²) in [4.78, 5) is 11.4. The third-order valence-corrected chi connectivity index (χ3v) is 2.36. The Balaban J connectivity index is 3.64. The fourth-order valence-electron chi connectivity index (χ4n) is 1.48. The van der Waals surface area contributed by atoms with Gasteiger partial charge in [-0.15, -0.1) is 0 Å². The van der Waals surface area contributed by atoms with Gasteiger partial charge >= 0.3 is 0 Å². The van der Waals surface area contributed by atoms with Crippen molar-refractivity contribution in [3.63, 3.8) is 0 Å². The molecule has 4 heteroatoms. The molecular formula is C12H26N2O2. The van der Waals surface area contributed by atoms with Gasteiger partial charge in [-0.1, -0.05) is 27.2 Å². The molecule has 1 amide bonds. The molecule has 0 aromatic rings. The minimum Gasteiger partial charge on any atom is -0.388 e. The lowest BCUT2D eigenvalue weighted by Crippen LogP contribution is -2.41. The highest BCUT2D eigenvalue weighted by Crippen LogP contribution is 2.09. The van der Waals surface area contributed by atoms with Gasteiger partial charge in [-0.25, -0.2) is 0 Å². The summed E-state index contributed by atoms with van der Waals surface area (Å²) in [5.74, 6) is -0.00970. The zero-order chi connectivity index (χ0) is 12.6. The van der Waals surface area contributed by atoms with Gasteiger partial charge in [-0.05, 0) is 13.3 Å². The highest BCUT2D eigenvalue weighted by Gasteiger charge is 2.19. The van der Waals surface area contributed by atoms with Crippen LogP contribution in [0.3, 0.4) is 0 Å². The van der Waals surface area contributed by atoms with Crippen LogP contribution >= 0.6 is 0 Å². The second kappa shape index (κ2) is 7.63. The Bertz CT molecular complexity index is 203. The molecule has 0 aliphatic rings. The lowest BCUT2D eigenvalue weighted by molar-refractivity contribution is -0.122. The smallest absolute Gasteiger partial charge is 0.221 e. The van der Waals surface area contributed by atoms with Gasteiger partial charge in [0.25, 0.3) is 0 Å². The minimum absolute atomic E-state index is 0.00970. The summed E-state index contributed by atoms with van der Waals surface area (Å²) >= 11 is 0. The van der Waals surface area contributed by atoms with E-state index in [1.807, 2.05) is 20.8 Å². The molecule has 0 aliphatic heterocycles. The third kappa shape index (κ3) is 8.68. The summed E-state index contributed by atoms with van der Waals surface area (Å²) in [6.45, 7) is 8.88. The Hall–Kier alpha value is -0.610. The van der Waals surface area contributed by atoms with E-state index < -0.39 is 5.60 Å². The normalized spacial score (nSPS) is 14.9. The predicted molar refractivity (Wildman–Crippen MR) is 66.3 cm³/mol. The van der Waals surface area contributed by atoms with E-state index in [9.17, 15) is 9.90 Å². The molecule has 1 atom stereocenters. The van der Waals surface area contributed by atoms with E-state index in [0.717, 1.165) is 6.42 Å². The quantitative estimate of drug-likeness (QED) is 0.584. The molecule has 0 radical (unpaired) electrons. The molecule has 0 heterocycles. The van der Waals surface area contributed by atoms with E-state index in [4.69, 9.17) is 0 Å². The van der Waals surface area contributed by atoms with Gasteiger partial charge in [0.05, 0.1) is 5.60 Å². The molecule has 0 saturated heterocycles. The molecule has 0 aromatic carbocycles. The molecular weight excluding hydrogens is 204 g/mol. The Morgan fingerprint density at radius 2 is 2.06 bits per heavy atom. The maximum atomic E-state index is 11.4. The van der Waals surface area contributed by atoms with Gasteiger partial charge in [0.1, 0.15) is 0 Å². The molecule has 4 nitrogen and oxygen atoms in total. The summed E-state index contributed by atoms with van der Waals surface area (Å²) in [7, 11) is 0. The number of aliphatic hydroxyl groups is 1. The van der Waals surface area contributed by atoms with Gasteiger partial charge in [0.2, 0.25) is 5.91 Å². The zero-order valence-corrected chi connectivity index (χ0v) is 11.0. The highest BCUT2D eigenvalue weighted by molar-refractivity contribution is 5.76. The zero-order valence-electron chi connectivity index (χ0n) is 11.0. The van der Waals surface area contributed by atoms with Gasteiger partial charge in [-0.2, -0.15) is 0 Å². The maximum Gasteiger partial charge on any atom is 0.221 e. The lowest BCUT2D eigenvalue weighted by Gasteiger charge is -2.23. The van der Waals surface area contributed by atoms with E-state index in [1.54, 1.807) is 6.92 Å². The number of carbonyl (C=O) groups excluding carboxylic acids is 1. The van der Waals surface area contributed by atoms with E-state index in [-0.39, 0.29) is 5.91 Å². The topological polar surface area (TPSA) is 61.4 Å². The monoisotopic (exact) mass is 230 g/mol. The number of carbonyl (C=O) groups is 1. The van der Waals surface area contributed by atoms with Crippen LogP contribution in [0.15, 0.2) is 0 Å². The fraction of sp³-hybridized carbons (Fsp3) is 0.917. The first-order chi connectivity index (χ1) is 7.37. The van der Waals surface area contributed by atoms with Crippen LogP contribution < -0.4 is 10.6 Å². The van der Waals surface area contributed by atoms with Crippen molar-refractivity contribution in [2.75, 3.05) is 13.1 Å². The van der Waals surface area contributed by atoms with Crippen molar-refractivity contribution >= 4 is 5.91 Å². The van der Waals surface area contributed by atoms with Gasteiger partial charge in [0, 0.05) is 25.6 Å². The van der Waals surface area contributed by atoms with Gasteiger partial charge < -0.3 is 15.7 Å². The summed E-state index contributed by atoms with van der Waals surface area (Å²) in [6.07, 6.45) is 2.08. The Kier molecular flexibility index (Phi) is 7.34. The Morgan fingerprint density at radius 1 is 1.44 bits per heavy atom. The van der Waals surface area contributed by atoms with Crippen LogP contribution in [-0.4, -0.2) is 35.7 Å². The summed E-state index contributed by atoms with van der Waals surface area (Å²) in [5, 5.41) is 15.8. The summed E-state index contributed by atoms with van der Waals surface area (Å²) in [5.41, 5.74) is -0.782. The largest absolute Gasteiger partial charge is 0.388 e. The first-order valence-corrected chi connectivity index (χ1v) is 6.10. The SMILES string of the molecule is CCCC(C)(O)CNC(=O)CCNC(C)C. The van der Waals surface area contributed by atoms with Crippen molar-refractivity contribution in [1.82, 2.24) is 10.6 Å². The van der Waals surface area contributed by atoms with E-state index in [1.165, 1.54) is 0 Å². The standard InChI is InChI=1S/C12H26N2O2/c1-5-7-12(4,16)9-14-11(15)6-8-13-10(2)3/h10,13,16H,5-9H2,1-4H3,(H,14,15). The predicted octanol–water partition coefficient (Wildman–Crippen LogP) is 1.04. The fourth-order valence-corrected chi connectivity index (χ4v) is 1.48. The van der Waals surface area contributed by atoms with Crippen LogP contribution in [0, 0.1) is 0 Å². The van der Waals surface area contributed by atoms with Crippen LogP contribution in [0.4, 0.5) is 0 Å². The van der Waals surface area contributed by atoms with Crippen molar-refractivity contribution in [3.05, 3.63) is 0 Å². The number of hydrogen-bond donors (Lipinski definition) is 3. The molecule has 96 valence electrons. The number of hydrogen-bond acceptors (Lipinski definition) is 3. The van der Waals surface area contributed by atoms with E-state index >= 15 is 0 Å². The lowest BCUT2D eigenvalue weighted by atomic mass is 10.0.